The molecule has 6 nitrogen and oxygen atoms in total. The molecule has 0 radical (unpaired) electrons. The Labute approximate surface area is 116 Å². The fourth-order valence-corrected chi connectivity index (χ4v) is 2.09. The molecule has 1 atom stereocenters. The molecule has 1 fully saturated rings. The van der Waals surface area contributed by atoms with Gasteiger partial charge in [0.1, 0.15) is 6.61 Å². The number of anilines is 1. The molecule has 0 saturated carbocycles. The van der Waals surface area contributed by atoms with Crippen LogP contribution in [0.15, 0.2) is 24.3 Å². The van der Waals surface area contributed by atoms with Gasteiger partial charge < -0.3 is 15.4 Å². The van der Waals surface area contributed by atoms with Gasteiger partial charge in [-0.15, -0.1) is 0 Å². The van der Waals surface area contributed by atoms with Gasteiger partial charge in [-0.3, -0.25) is 14.4 Å². The van der Waals surface area contributed by atoms with E-state index in [0.29, 0.717) is 11.3 Å². The molecule has 1 aliphatic heterocycles. The van der Waals surface area contributed by atoms with Gasteiger partial charge >= 0.3 is 0 Å². The zero-order valence-electron chi connectivity index (χ0n) is 11.4. The first-order chi connectivity index (χ1) is 9.43. The van der Waals surface area contributed by atoms with E-state index < -0.39 is 11.5 Å². The lowest BCUT2D eigenvalue weighted by atomic mass is 9.93. The highest BCUT2D eigenvalue weighted by Gasteiger charge is 2.40. The van der Waals surface area contributed by atoms with Crippen molar-refractivity contribution in [2.24, 2.45) is 0 Å². The summed E-state index contributed by atoms with van der Waals surface area (Å²) in [5, 5.41) is 5.20. The maximum Gasteiger partial charge on any atom is 0.257 e. The fraction of sp³-hybridized carbons (Fsp3) is 0.357. The van der Waals surface area contributed by atoms with Crippen molar-refractivity contribution in [2.45, 2.75) is 19.4 Å². The Morgan fingerprint density at radius 1 is 1.35 bits per heavy atom. The molecule has 0 aromatic heterocycles. The first-order valence-corrected chi connectivity index (χ1v) is 6.24. The number of rotatable bonds is 2. The lowest BCUT2D eigenvalue weighted by Gasteiger charge is -2.28. The second kappa shape index (κ2) is 5.42. The number of nitrogens with one attached hydrogen (secondary N) is 2. The molecule has 1 heterocycles. The molecule has 1 aromatic rings. The third-order valence-electron chi connectivity index (χ3n) is 3.15. The predicted molar refractivity (Wildman–Crippen MR) is 72.1 cm³/mol. The van der Waals surface area contributed by atoms with Crippen LogP contribution in [0.1, 0.15) is 19.4 Å². The summed E-state index contributed by atoms with van der Waals surface area (Å²) in [4.78, 5) is 34.9. The van der Waals surface area contributed by atoms with E-state index in [0.717, 1.165) is 0 Å². The minimum absolute atomic E-state index is 0.0449. The molecular formula is C14H16N2O4. The molecule has 1 aromatic carbocycles. The van der Waals surface area contributed by atoms with Gasteiger partial charge in [-0.05, 0) is 13.0 Å². The van der Waals surface area contributed by atoms with Crippen LogP contribution < -0.4 is 10.6 Å². The minimum Gasteiger partial charge on any atom is -0.353 e. The highest BCUT2D eigenvalue weighted by molar-refractivity contribution is 5.96. The van der Waals surface area contributed by atoms with E-state index in [1.54, 1.807) is 31.2 Å². The summed E-state index contributed by atoms with van der Waals surface area (Å²) in [5.41, 5.74) is -0.306. The summed E-state index contributed by atoms with van der Waals surface area (Å²) in [7, 11) is 0. The maximum atomic E-state index is 12.2. The first-order valence-electron chi connectivity index (χ1n) is 6.24. The molecule has 1 unspecified atom stereocenters. The van der Waals surface area contributed by atoms with Crippen molar-refractivity contribution in [3.8, 4) is 0 Å². The van der Waals surface area contributed by atoms with Gasteiger partial charge in [0.2, 0.25) is 5.91 Å². The van der Waals surface area contributed by atoms with E-state index in [9.17, 15) is 14.4 Å². The van der Waals surface area contributed by atoms with E-state index in [2.05, 4.69) is 10.6 Å². The van der Waals surface area contributed by atoms with Crippen molar-refractivity contribution in [1.29, 1.82) is 0 Å². The van der Waals surface area contributed by atoms with Crippen LogP contribution in [0.25, 0.3) is 0 Å². The Morgan fingerprint density at radius 2 is 2.05 bits per heavy atom. The molecule has 0 bridgehead atoms. The van der Waals surface area contributed by atoms with Gasteiger partial charge in [0.05, 0.1) is 6.54 Å². The van der Waals surface area contributed by atoms with Crippen LogP contribution in [0.5, 0.6) is 0 Å². The molecule has 106 valence electrons. The molecule has 2 rings (SSSR count). The number of hydrogen-bond acceptors (Lipinski definition) is 4. The Bertz CT molecular complexity index is 570. The fourth-order valence-electron chi connectivity index (χ4n) is 2.09. The molecule has 20 heavy (non-hydrogen) atoms. The summed E-state index contributed by atoms with van der Waals surface area (Å²) in [5.74, 6) is -0.841. The Hall–Kier alpha value is -2.21. The second-order valence-corrected chi connectivity index (χ2v) is 4.77. The average Bonchev–Trinajstić information content (AvgIpc) is 2.53. The van der Waals surface area contributed by atoms with E-state index in [4.69, 9.17) is 4.74 Å². The van der Waals surface area contributed by atoms with E-state index in [-0.39, 0.29) is 24.8 Å². The third kappa shape index (κ3) is 2.70. The molecule has 0 aliphatic carbocycles. The van der Waals surface area contributed by atoms with Crippen LogP contribution in [-0.4, -0.2) is 30.7 Å². The van der Waals surface area contributed by atoms with Crippen molar-refractivity contribution in [2.75, 3.05) is 18.5 Å². The number of Topliss-reactive ketones (excluding diaryl/α,β-unsaturated/α-hetero) is 1. The normalized spacial score (nSPS) is 22.9. The number of amides is 2. The number of benzene rings is 1. The molecular weight excluding hydrogens is 260 g/mol. The monoisotopic (exact) mass is 276 g/mol. The lowest BCUT2D eigenvalue weighted by Crippen LogP contribution is -2.42. The smallest absolute Gasteiger partial charge is 0.257 e. The Morgan fingerprint density at radius 3 is 2.75 bits per heavy atom. The van der Waals surface area contributed by atoms with Crippen LogP contribution in [-0.2, 0) is 24.7 Å². The summed E-state index contributed by atoms with van der Waals surface area (Å²) < 4.78 is 5.51. The molecule has 2 amide bonds. The zero-order chi connectivity index (χ0) is 14.8. The van der Waals surface area contributed by atoms with Gasteiger partial charge in [-0.2, -0.15) is 0 Å². The summed E-state index contributed by atoms with van der Waals surface area (Å²) in [6, 6.07) is 6.87. The van der Waals surface area contributed by atoms with Crippen LogP contribution in [0.3, 0.4) is 0 Å². The standard InChI is InChI=1S/C14H16N2O4/c1-9(17)16-12-6-4-3-5-11(12)14(2)13(19)15-7-10(18)8-20-14/h3-6H,7-8H2,1-2H3,(H,15,19)(H,16,17). The van der Waals surface area contributed by atoms with Gasteiger partial charge in [0.15, 0.2) is 11.4 Å². The minimum atomic E-state index is -1.31. The SMILES string of the molecule is CC(=O)Nc1ccccc1C1(C)OCC(=O)CNC1=O. The van der Waals surface area contributed by atoms with Crippen LogP contribution in [0, 0.1) is 0 Å². The molecule has 6 heteroatoms. The molecule has 0 spiro atoms. The highest BCUT2D eigenvalue weighted by atomic mass is 16.5. The summed E-state index contributed by atoms with van der Waals surface area (Å²) >= 11 is 0. The molecule has 1 aliphatic rings. The number of carbonyl (C=O) groups excluding carboxylic acids is 3. The highest BCUT2D eigenvalue weighted by Crippen LogP contribution is 2.32. The van der Waals surface area contributed by atoms with Gasteiger partial charge in [0, 0.05) is 18.2 Å². The van der Waals surface area contributed by atoms with Crippen molar-refractivity contribution in [3.63, 3.8) is 0 Å². The van der Waals surface area contributed by atoms with Crippen LogP contribution in [0.2, 0.25) is 0 Å². The predicted octanol–water partition coefficient (Wildman–Crippen LogP) is 0.576. The second-order valence-electron chi connectivity index (χ2n) is 4.77. The summed E-state index contributed by atoms with van der Waals surface area (Å²) in [6.07, 6.45) is 0. The number of ether oxygens (including phenoxy) is 1. The Kier molecular flexibility index (Phi) is 3.85. The number of hydrogen-bond donors (Lipinski definition) is 2. The van der Waals surface area contributed by atoms with Gasteiger partial charge in [-0.25, -0.2) is 0 Å². The van der Waals surface area contributed by atoms with Crippen LogP contribution >= 0.6 is 0 Å². The summed E-state index contributed by atoms with van der Waals surface area (Å²) in [6.45, 7) is 2.78. The van der Waals surface area contributed by atoms with Crippen LogP contribution in [0.4, 0.5) is 5.69 Å². The number of carbonyl (C=O) groups is 3. The van der Waals surface area contributed by atoms with Crippen molar-refractivity contribution in [1.82, 2.24) is 5.32 Å². The maximum absolute atomic E-state index is 12.2. The largest absolute Gasteiger partial charge is 0.353 e. The Balaban J connectivity index is 2.44. The van der Waals surface area contributed by atoms with Gasteiger partial charge in [0.25, 0.3) is 5.91 Å². The molecule has 1 saturated heterocycles. The first kappa shape index (κ1) is 14.2. The van der Waals surface area contributed by atoms with Crippen molar-refractivity contribution < 1.29 is 19.1 Å². The number of para-hydroxylation sites is 1. The lowest BCUT2D eigenvalue weighted by molar-refractivity contribution is -0.145. The zero-order valence-corrected chi connectivity index (χ0v) is 11.4. The van der Waals surface area contributed by atoms with E-state index in [1.165, 1.54) is 6.92 Å². The average molecular weight is 276 g/mol. The molecule has 2 N–H and O–H groups in total. The van der Waals surface area contributed by atoms with Crippen molar-refractivity contribution in [3.05, 3.63) is 29.8 Å². The number of ketones is 1. The van der Waals surface area contributed by atoms with E-state index >= 15 is 0 Å². The van der Waals surface area contributed by atoms with E-state index in [1.807, 2.05) is 0 Å². The third-order valence-corrected chi connectivity index (χ3v) is 3.15. The topological polar surface area (TPSA) is 84.5 Å². The van der Waals surface area contributed by atoms with Gasteiger partial charge in [-0.1, -0.05) is 18.2 Å². The quantitative estimate of drug-likeness (QED) is 0.827. The van der Waals surface area contributed by atoms with Crippen molar-refractivity contribution >= 4 is 23.3 Å².